The Balaban J connectivity index is 3.20. The highest BCUT2D eigenvalue weighted by molar-refractivity contribution is 6.20. The van der Waals surface area contributed by atoms with Crippen molar-refractivity contribution in [1.29, 1.82) is 0 Å². The van der Waals surface area contributed by atoms with E-state index in [1.165, 1.54) is 5.56 Å². The van der Waals surface area contributed by atoms with Gasteiger partial charge in [-0.1, -0.05) is 12.1 Å². The summed E-state index contributed by atoms with van der Waals surface area (Å²) in [6.45, 7) is 3.99. The van der Waals surface area contributed by atoms with Crippen LogP contribution in [0, 0.1) is 6.92 Å². The molecule has 0 amide bonds. The highest BCUT2D eigenvalue weighted by atomic mass is 35.5. The largest absolute Gasteiger partial charge is 0.496 e. The standard InChI is InChI=1S/C10H13ClO/c1-7-5-4-6-9(12-3)10(7)8(2)11/h4-6,8H,1-3H3. The first-order valence-corrected chi connectivity index (χ1v) is 4.38. The van der Waals surface area contributed by atoms with Crippen LogP contribution < -0.4 is 4.74 Å². The maximum atomic E-state index is 6.01. The Bertz CT molecular complexity index is 269. The molecule has 1 atom stereocenters. The SMILES string of the molecule is COc1cccc(C)c1C(C)Cl. The molecule has 1 aromatic rings. The van der Waals surface area contributed by atoms with Gasteiger partial charge in [-0.25, -0.2) is 0 Å². The molecule has 0 aromatic heterocycles. The van der Waals surface area contributed by atoms with E-state index in [4.69, 9.17) is 16.3 Å². The number of hydrogen-bond donors (Lipinski definition) is 0. The summed E-state index contributed by atoms with van der Waals surface area (Å²) in [5, 5.41) is 0.00106. The Kier molecular flexibility index (Phi) is 2.99. The molecule has 1 aromatic carbocycles. The van der Waals surface area contributed by atoms with Crippen molar-refractivity contribution in [3.8, 4) is 5.75 Å². The topological polar surface area (TPSA) is 9.23 Å². The van der Waals surface area contributed by atoms with E-state index in [1.54, 1.807) is 7.11 Å². The third-order valence-electron chi connectivity index (χ3n) is 1.90. The molecule has 0 saturated heterocycles. The summed E-state index contributed by atoms with van der Waals surface area (Å²) in [6, 6.07) is 5.94. The normalized spacial score (nSPS) is 12.7. The van der Waals surface area contributed by atoms with E-state index >= 15 is 0 Å². The van der Waals surface area contributed by atoms with Gasteiger partial charge < -0.3 is 4.74 Å². The van der Waals surface area contributed by atoms with Crippen molar-refractivity contribution in [3.63, 3.8) is 0 Å². The summed E-state index contributed by atoms with van der Waals surface area (Å²) in [7, 11) is 1.66. The zero-order valence-electron chi connectivity index (χ0n) is 7.60. The fraction of sp³-hybridized carbons (Fsp3) is 0.400. The smallest absolute Gasteiger partial charge is 0.123 e. The molecule has 1 unspecified atom stereocenters. The molecule has 66 valence electrons. The Morgan fingerprint density at radius 3 is 2.50 bits per heavy atom. The highest BCUT2D eigenvalue weighted by Crippen LogP contribution is 2.31. The molecule has 0 heterocycles. The summed E-state index contributed by atoms with van der Waals surface area (Å²) >= 11 is 6.01. The second-order valence-corrected chi connectivity index (χ2v) is 3.46. The van der Waals surface area contributed by atoms with Crippen molar-refractivity contribution in [1.82, 2.24) is 0 Å². The number of halogens is 1. The third-order valence-corrected chi connectivity index (χ3v) is 2.12. The average molecular weight is 185 g/mol. The van der Waals surface area contributed by atoms with Crippen molar-refractivity contribution in [2.75, 3.05) is 7.11 Å². The van der Waals surface area contributed by atoms with Crippen LogP contribution in [0.3, 0.4) is 0 Å². The number of aryl methyl sites for hydroxylation is 1. The molecule has 2 heteroatoms. The molecule has 0 spiro atoms. The predicted octanol–water partition coefficient (Wildman–Crippen LogP) is 3.30. The maximum absolute atomic E-state index is 6.01. The van der Waals surface area contributed by atoms with E-state index in [9.17, 15) is 0 Å². The predicted molar refractivity (Wildman–Crippen MR) is 52.0 cm³/mol. The number of alkyl halides is 1. The van der Waals surface area contributed by atoms with Crippen LogP contribution in [0.1, 0.15) is 23.4 Å². The van der Waals surface area contributed by atoms with E-state index in [-0.39, 0.29) is 5.38 Å². The van der Waals surface area contributed by atoms with Crippen LogP contribution in [0.2, 0.25) is 0 Å². The Labute approximate surface area is 78.3 Å². The van der Waals surface area contributed by atoms with Gasteiger partial charge in [-0.2, -0.15) is 0 Å². The quantitative estimate of drug-likeness (QED) is 0.641. The van der Waals surface area contributed by atoms with Crippen molar-refractivity contribution in [2.24, 2.45) is 0 Å². The molecule has 1 nitrogen and oxygen atoms in total. The lowest BCUT2D eigenvalue weighted by molar-refractivity contribution is 0.409. The van der Waals surface area contributed by atoms with Gasteiger partial charge in [0.05, 0.1) is 12.5 Å². The van der Waals surface area contributed by atoms with Crippen LogP contribution >= 0.6 is 11.6 Å². The summed E-state index contributed by atoms with van der Waals surface area (Å²) < 4.78 is 5.20. The van der Waals surface area contributed by atoms with E-state index in [0.717, 1.165) is 11.3 Å². The summed E-state index contributed by atoms with van der Waals surface area (Å²) in [6.07, 6.45) is 0. The van der Waals surface area contributed by atoms with Crippen LogP contribution in [0.25, 0.3) is 0 Å². The first-order valence-electron chi connectivity index (χ1n) is 3.94. The lowest BCUT2D eigenvalue weighted by Crippen LogP contribution is -1.95. The lowest BCUT2D eigenvalue weighted by atomic mass is 10.1. The van der Waals surface area contributed by atoms with Gasteiger partial charge in [0.15, 0.2) is 0 Å². The Morgan fingerprint density at radius 1 is 1.42 bits per heavy atom. The van der Waals surface area contributed by atoms with Gasteiger partial charge in [-0.05, 0) is 25.5 Å². The van der Waals surface area contributed by atoms with Crippen LogP contribution in [0.4, 0.5) is 0 Å². The number of hydrogen-bond acceptors (Lipinski definition) is 1. The molecular weight excluding hydrogens is 172 g/mol. The Hall–Kier alpha value is -0.690. The molecule has 0 radical (unpaired) electrons. The zero-order chi connectivity index (χ0) is 9.14. The molecule has 0 bridgehead atoms. The van der Waals surface area contributed by atoms with Crippen molar-refractivity contribution < 1.29 is 4.74 Å². The monoisotopic (exact) mass is 184 g/mol. The van der Waals surface area contributed by atoms with Crippen molar-refractivity contribution in [2.45, 2.75) is 19.2 Å². The Morgan fingerprint density at radius 2 is 2.08 bits per heavy atom. The highest BCUT2D eigenvalue weighted by Gasteiger charge is 2.10. The number of ether oxygens (including phenoxy) is 1. The number of benzene rings is 1. The molecule has 0 aliphatic carbocycles. The van der Waals surface area contributed by atoms with Gasteiger partial charge in [0.2, 0.25) is 0 Å². The van der Waals surface area contributed by atoms with Gasteiger partial charge in [0.1, 0.15) is 5.75 Å². The molecule has 12 heavy (non-hydrogen) atoms. The minimum Gasteiger partial charge on any atom is -0.496 e. The first kappa shape index (κ1) is 9.40. The third kappa shape index (κ3) is 1.72. The first-order chi connectivity index (χ1) is 5.66. The molecule has 0 saturated carbocycles. The van der Waals surface area contributed by atoms with Crippen LogP contribution in [0.15, 0.2) is 18.2 Å². The molecule has 0 N–H and O–H groups in total. The van der Waals surface area contributed by atoms with Gasteiger partial charge in [-0.15, -0.1) is 11.6 Å². The molecule has 0 fully saturated rings. The van der Waals surface area contributed by atoms with Crippen LogP contribution in [-0.4, -0.2) is 7.11 Å². The molecular formula is C10H13ClO. The van der Waals surface area contributed by atoms with E-state index in [2.05, 4.69) is 0 Å². The minimum absolute atomic E-state index is 0.00106. The van der Waals surface area contributed by atoms with Crippen LogP contribution in [-0.2, 0) is 0 Å². The molecule has 1 rings (SSSR count). The van der Waals surface area contributed by atoms with Crippen molar-refractivity contribution >= 4 is 11.6 Å². The number of rotatable bonds is 2. The zero-order valence-corrected chi connectivity index (χ0v) is 8.35. The second-order valence-electron chi connectivity index (χ2n) is 2.81. The maximum Gasteiger partial charge on any atom is 0.123 e. The van der Waals surface area contributed by atoms with E-state index in [0.29, 0.717) is 0 Å². The van der Waals surface area contributed by atoms with Gasteiger partial charge >= 0.3 is 0 Å². The van der Waals surface area contributed by atoms with Crippen LogP contribution in [0.5, 0.6) is 5.75 Å². The average Bonchev–Trinajstić information content (AvgIpc) is 2.03. The van der Waals surface area contributed by atoms with Gasteiger partial charge in [0, 0.05) is 5.56 Å². The van der Waals surface area contributed by atoms with Gasteiger partial charge in [-0.3, -0.25) is 0 Å². The summed E-state index contributed by atoms with van der Waals surface area (Å²) in [5.41, 5.74) is 2.26. The number of methoxy groups -OCH3 is 1. The molecule has 0 aliphatic heterocycles. The second kappa shape index (κ2) is 3.81. The van der Waals surface area contributed by atoms with E-state index < -0.39 is 0 Å². The lowest BCUT2D eigenvalue weighted by Gasteiger charge is -2.12. The van der Waals surface area contributed by atoms with E-state index in [1.807, 2.05) is 32.0 Å². The summed E-state index contributed by atoms with van der Waals surface area (Å²) in [5.74, 6) is 0.873. The van der Waals surface area contributed by atoms with Gasteiger partial charge in [0.25, 0.3) is 0 Å². The molecule has 0 aliphatic rings. The minimum atomic E-state index is 0.00106. The fourth-order valence-corrected chi connectivity index (χ4v) is 1.62. The van der Waals surface area contributed by atoms with Crippen molar-refractivity contribution in [3.05, 3.63) is 29.3 Å². The summed E-state index contributed by atoms with van der Waals surface area (Å²) in [4.78, 5) is 0. The fourth-order valence-electron chi connectivity index (χ4n) is 1.34.